The van der Waals surface area contributed by atoms with Crippen molar-refractivity contribution in [2.45, 2.75) is 26.3 Å². The van der Waals surface area contributed by atoms with E-state index in [1.54, 1.807) is 0 Å². The molecule has 1 N–H and O–H groups in total. The lowest BCUT2D eigenvalue weighted by Gasteiger charge is -2.35. The van der Waals surface area contributed by atoms with Gasteiger partial charge in [-0.2, -0.15) is 5.10 Å². The van der Waals surface area contributed by atoms with E-state index in [4.69, 9.17) is 0 Å². The van der Waals surface area contributed by atoms with Gasteiger partial charge in [-0.15, -0.1) is 0 Å². The number of piperazine rings is 1. The van der Waals surface area contributed by atoms with E-state index < -0.39 is 0 Å². The molecule has 0 bridgehead atoms. The predicted molar refractivity (Wildman–Crippen MR) is 62.3 cm³/mol. The second-order valence-corrected chi connectivity index (χ2v) is 4.23. The van der Waals surface area contributed by atoms with E-state index in [0.717, 1.165) is 26.1 Å². The maximum atomic E-state index is 4.49. The van der Waals surface area contributed by atoms with Crippen molar-refractivity contribution in [3.63, 3.8) is 0 Å². The third-order valence-corrected chi connectivity index (χ3v) is 3.03. The number of aromatic nitrogens is 2. The zero-order valence-electron chi connectivity index (χ0n) is 9.82. The number of hydrogen-bond donors (Lipinski definition) is 1. The van der Waals surface area contributed by atoms with Crippen molar-refractivity contribution in [3.8, 4) is 0 Å². The van der Waals surface area contributed by atoms with Gasteiger partial charge in [-0.3, -0.25) is 4.68 Å². The molecule has 0 spiro atoms. The van der Waals surface area contributed by atoms with Crippen molar-refractivity contribution in [1.29, 1.82) is 0 Å². The van der Waals surface area contributed by atoms with Gasteiger partial charge in [0.25, 0.3) is 0 Å². The number of hydrogen-bond acceptors (Lipinski definition) is 3. The molecular formula is C11H20N4. The van der Waals surface area contributed by atoms with Gasteiger partial charge in [0.05, 0.1) is 11.4 Å². The summed E-state index contributed by atoms with van der Waals surface area (Å²) in [5.74, 6) is 0. The monoisotopic (exact) mass is 208 g/mol. The Bertz CT molecular complexity index is 331. The summed E-state index contributed by atoms with van der Waals surface area (Å²) in [4.78, 5) is 2.46. The van der Waals surface area contributed by atoms with Crippen molar-refractivity contribution in [2.24, 2.45) is 7.05 Å². The molecule has 0 aliphatic carbocycles. The van der Waals surface area contributed by atoms with E-state index in [1.165, 1.54) is 11.4 Å². The Hall–Kier alpha value is -1.03. The smallest absolute Gasteiger partial charge is 0.0855 e. The van der Waals surface area contributed by atoms with Gasteiger partial charge < -0.3 is 10.2 Å². The standard InChI is InChI=1S/C11H20N4/c1-4-10-11(8-14(3)13-10)15-6-5-12-7-9(15)2/h8-9,12H,4-7H2,1-3H3. The van der Waals surface area contributed by atoms with E-state index in [-0.39, 0.29) is 0 Å². The third kappa shape index (κ3) is 2.00. The zero-order valence-corrected chi connectivity index (χ0v) is 9.82. The number of nitrogens with zero attached hydrogens (tertiary/aromatic N) is 3. The number of anilines is 1. The fourth-order valence-electron chi connectivity index (χ4n) is 2.21. The van der Waals surface area contributed by atoms with E-state index in [9.17, 15) is 0 Å². The van der Waals surface area contributed by atoms with Crippen molar-refractivity contribution >= 4 is 5.69 Å². The van der Waals surface area contributed by atoms with Crippen molar-refractivity contribution in [1.82, 2.24) is 15.1 Å². The first-order valence-corrected chi connectivity index (χ1v) is 5.72. The average Bonchev–Trinajstić information content (AvgIpc) is 2.60. The van der Waals surface area contributed by atoms with Crippen molar-refractivity contribution < 1.29 is 0 Å². The molecule has 2 heterocycles. The fraction of sp³-hybridized carbons (Fsp3) is 0.727. The van der Waals surface area contributed by atoms with Crippen LogP contribution in [0, 0.1) is 0 Å². The Morgan fingerprint density at radius 1 is 1.60 bits per heavy atom. The normalized spacial score (nSPS) is 22.1. The van der Waals surface area contributed by atoms with Gasteiger partial charge in [-0.05, 0) is 13.3 Å². The molecule has 4 heteroatoms. The molecule has 1 fully saturated rings. The summed E-state index contributed by atoms with van der Waals surface area (Å²) in [6, 6.07) is 0.563. The molecular weight excluding hydrogens is 188 g/mol. The van der Waals surface area contributed by atoms with Crippen LogP contribution in [-0.2, 0) is 13.5 Å². The molecule has 15 heavy (non-hydrogen) atoms. The SMILES string of the molecule is CCc1nn(C)cc1N1CCNCC1C. The molecule has 1 saturated heterocycles. The highest BCUT2D eigenvalue weighted by atomic mass is 15.3. The lowest BCUT2D eigenvalue weighted by Crippen LogP contribution is -2.50. The fourth-order valence-corrected chi connectivity index (χ4v) is 2.21. The van der Waals surface area contributed by atoms with Gasteiger partial charge in [0.15, 0.2) is 0 Å². The minimum absolute atomic E-state index is 0.563. The molecule has 0 saturated carbocycles. The van der Waals surface area contributed by atoms with Crippen molar-refractivity contribution in [3.05, 3.63) is 11.9 Å². The summed E-state index contributed by atoms with van der Waals surface area (Å²) in [5.41, 5.74) is 2.53. The van der Waals surface area contributed by atoms with Crippen LogP contribution in [0.3, 0.4) is 0 Å². The molecule has 4 nitrogen and oxygen atoms in total. The summed E-state index contributed by atoms with van der Waals surface area (Å²) >= 11 is 0. The highest BCUT2D eigenvalue weighted by molar-refractivity contribution is 5.50. The highest BCUT2D eigenvalue weighted by Gasteiger charge is 2.21. The summed E-state index contributed by atoms with van der Waals surface area (Å²) in [7, 11) is 2.00. The van der Waals surface area contributed by atoms with Crippen LogP contribution in [0.15, 0.2) is 6.20 Å². The van der Waals surface area contributed by atoms with Gasteiger partial charge in [0.1, 0.15) is 0 Å². The summed E-state index contributed by atoms with van der Waals surface area (Å²) in [5, 5.41) is 7.90. The van der Waals surface area contributed by atoms with E-state index in [1.807, 2.05) is 11.7 Å². The molecule has 1 aliphatic rings. The number of rotatable bonds is 2. The molecule has 2 rings (SSSR count). The highest BCUT2D eigenvalue weighted by Crippen LogP contribution is 2.22. The van der Waals surface area contributed by atoms with Crippen LogP contribution in [0.2, 0.25) is 0 Å². The Labute approximate surface area is 91.3 Å². The number of nitrogens with one attached hydrogen (secondary N) is 1. The Kier molecular flexibility index (Phi) is 2.95. The lowest BCUT2D eigenvalue weighted by molar-refractivity contribution is 0.500. The van der Waals surface area contributed by atoms with Gasteiger partial charge in [0.2, 0.25) is 0 Å². The summed E-state index contributed by atoms with van der Waals surface area (Å²) in [6.07, 6.45) is 3.15. The van der Waals surface area contributed by atoms with E-state index in [2.05, 4.69) is 35.4 Å². The molecule has 84 valence electrons. The second kappa shape index (κ2) is 4.23. The molecule has 0 amide bonds. The van der Waals surface area contributed by atoms with Crippen LogP contribution < -0.4 is 10.2 Å². The summed E-state index contributed by atoms with van der Waals surface area (Å²) in [6.45, 7) is 7.65. The van der Waals surface area contributed by atoms with Crippen LogP contribution in [-0.4, -0.2) is 35.5 Å². The van der Waals surface area contributed by atoms with Gasteiger partial charge in [-0.1, -0.05) is 6.92 Å². The molecule has 1 unspecified atom stereocenters. The van der Waals surface area contributed by atoms with Gasteiger partial charge in [-0.25, -0.2) is 0 Å². The van der Waals surface area contributed by atoms with E-state index >= 15 is 0 Å². The lowest BCUT2D eigenvalue weighted by atomic mass is 10.2. The Morgan fingerprint density at radius 3 is 3.07 bits per heavy atom. The minimum Gasteiger partial charge on any atom is -0.364 e. The first-order chi connectivity index (χ1) is 7.22. The van der Waals surface area contributed by atoms with Gasteiger partial charge >= 0.3 is 0 Å². The van der Waals surface area contributed by atoms with Crippen LogP contribution in [0.4, 0.5) is 5.69 Å². The molecule has 1 aromatic rings. The average molecular weight is 208 g/mol. The molecule has 0 aromatic carbocycles. The Balaban J connectivity index is 2.26. The maximum Gasteiger partial charge on any atom is 0.0855 e. The van der Waals surface area contributed by atoms with Crippen LogP contribution >= 0.6 is 0 Å². The first-order valence-electron chi connectivity index (χ1n) is 5.72. The number of aryl methyl sites for hydroxylation is 2. The minimum atomic E-state index is 0.563. The van der Waals surface area contributed by atoms with Crippen molar-refractivity contribution in [2.75, 3.05) is 24.5 Å². The third-order valence-electron chi connectivity index (χ3n) is 3.03. The predicted octanol–water partition coefficient (Wildman–Crippen LogP) is 0.781. The summed E-state index contributed by atoms with van der Waals surface area (Å²) < 4.78 is 1.92. The van der Waals surface area contributed by atoms with E-state index in [0.29, 0.717) is 6.04 Å². The second-order valence-electron chi connectivity index (χ2n) is 4.23. The largest absolute Gasteiger partial charge is 0.364 e. The topological polar surface area (TPSA) is 33.1 Å². The Morgan fingerprint density at radius 2 is 2.40 bits per heavy atom. The quantitative estimate of drug-likeness (QED) is 0.779. The molecule has 1 atom stereocenters. The molecule has 1 aliphatic heterocycles. The zero-order chi connectivity index (χ0) is 10.8. The van der Waals surface area contributed by atoms with Crippen LogP contribution in [0.1, 0.15) is 19.5 Å². The van der Waals surface area contributed by atoms with Crippen LogP contribution in [0.5, 0.6) is 0 Å². The molecule has 1 aromatic heterocycles. The first kappa shape index (κ1) is 10.5. The molecule has 0 radical (unpaired) electrons. The van der Waals surface area contributed by atoms with Gasteiger partial charge in [0, 0.05) is 38.9 Å². The van der Waals surface area contributed by atoms with Crippen LogP contribution in [0.25, 0.3) is 0 Å². The maximum absolute atomic E-state index is 4.49.